The predicted octanol–water partition coefficient (Wildman–Crippen LogP) is 2.64. The number of nitrogens with zero attached hydrogens (tertiary/aromatic N) is 1. The zero-order chi connectivity index (χ0) is 15.2. The van der Waals surface area contributed by atoms with Crippen LogP contribution in [0.1, 0.15) is 21.5 Å². The molecule has 2 aromatic carbocycles. The molecule has 1 amide bonds. The van der Waals surface area contributed by atoms with Crippen LogP contribution in [0.2, 0.25) is 0 Å². The number of halogens is 1. The Balaban J connectivity index is 2.02. The highest BCUT2D eigenvalue weighted by atomic mass is 19.1. The molecule has 0 heterocycles. The van der Waals surface area contributed by atoms with Crippen LogP contribution in [-0.2, 0) is 6.54 Å². The van der Waals surface area contributed by atoms with E-state index in [0.717, 1.165) is 6.07 Å². The molecule has 4 nitrogen and oxygen atoms in total. The molecule has 0 unspecified atom stereocenters. The van der Waals surface area contributed by atoms with Crippen molar-refractivity contribution in [3.63, 3.8) is 0 Å². The predicted molar refractivity (Wildman–Crippen MR) is 75.3 cm³/mol. The molecule has 0 atom stereocenters. The van der Waals surface area contributed by atoms with Crippen LogP contribution in [0.25, 0.3) is 0 Å². The summed E-state index contributed by atoms with van der Waals surface area (Å²) in [5.41, 5.74) is 1.04. The molecule has 0 aliphatic carbocycles. The standard InChI is InChI=1S/C16H13FN2O2/c1-21-14-6-4-12(5-7-14)16(20)19-10-13-3-2-11(9-18)8-15(13)17/h2-8H,10H2,1H3,(H,19,20). The number of benzene rings is 2. The second kappa shape index (κ2) is 6.53. The summed E-state index contributed by atoms with van der Waals surface area (Å²) in [5, 5.41) is 11.3. The van der Waals surface area contributed by atoms with Gasteiger partial charge in [0.2, 0.25) is 0 Å². The van der Waals surface area contributed by atoms with Gasteiger partial charge in [0.1, 0.15) is 11.6 Å². The summed E-state index contributed by atoms with van der Waals surface area (Å²) in [6.07, 6.45) is 0. The van der Waals surface area contributed by atoms with E-state index in [-0.39, 0.29) is 18.0 Å². The van der Waals surface area contributed by atoms with Crippen LogP contribution in [0, 0.1) is 17.1 Å². The van der Waals surface area contributed by atoms with Crippen molar-refractivity contribution < 1.29 is 13.9 Å². The van der Waals surface area contributed by atoms with Crippen molar-refractivity contribution in [2.45, 2.75) is 6.54 Å². The van der Waals surface area contributed by atoms with E-state index in [2.05, 4.69) is 5.32 Å². The van der Waals surface area contributed by atoms with E-state index in [9.17, 15) is 9.18 Å². The minimum Gasteiger partial charge on any atom is -0.497 e. The molecule has 0 radical (unpaired) electrons. The lowest BCUT2D eigenvalue weighted by Gasteiger charge is -2.07. The number of hydrogen-bond acceptors (Lipinski definition) is 3. The lowest BCUT2D eigenvalue weighted by atomic mass is 10.1. The number of amides is 1. The van der Waals surface area contributed by atoms with Gasteiger partial charge in [-0.25, -0.2) is 4.39 Å². The maximum Gasteiger partial charge on any atom is 0.251 e. The molecular formula is C16H13FN2O2. The Morgan fingerprint density at radius 2 is 2.00 bits per heavy atom. The van der Waals surface area contributed by atoms with Crippen molar-refractivity contribution >= 4 is 5.91 Å². The molecule has 106 valence electrons. The van der Waals surface area contributed by atoms with Crippen LogP contribution in [0.15, 0.2) is 42.5 Å². The van der Waals surface area contributed by atoms with Crippen LogP contribution < -0.4 is 10.1 Å². The van der Waals surface area contributed by atoms with Gasteiger partial charge in [-0.3, -0.25) is 4.79 Å². The van der Waals surface area contributed by atoms with Crippen molar-refractivity contribution in [3.05, 3.63) is 65.0 Å². The molecule has 0 fully saturated rings. The highest BCUT2D eigenvalue weighted by Gasteiger charge is 2.08. The minimum absolute atomic E-state index is 0.0579. The minimum atomic E-state index is -0.510. The molecule has 2 aromatic rings. The number of nitrogens with one attached hydrogen (secondary N) is 1. The number of carbonyl (C=O) groups excluding carboxylic acids is 1. The van der Waals surface area contributed by atoms with E-state index >= 15 is 0 Å². The molecule has 0 aliphatic rings. The van der Waals surface area contributed by atoms with Gasteiger partial charge in [-0.15, -0.1) is 0 Å². The molecular weight excluding hydrogens is 271 g/mol. The van der Waals surface area contributed by atoms with Gasteiger partial charge in [-0.2, -0.15) is 5.26 Å². The first kappa shape index (κ1) is 14.5. The third kappa shape index (κ3) is 3.57. The van der Waals surface area contributed by atoms with Gasteiger partial charge < -0.3 is 10.1 Å². The van der Waals surface area contributed by atoms with E-state index in [1.807, 2.05) is 6.07 Å². The number of rotatable bonds is 4. The first-order valence-corrected chi connectivity index (χ1v) is 6.25. The van der Waals surface area contributed by atoms with Crippen LogP contribution in [0.4, 0.5) is 4.39 Å². The van der Waals surface area contributed by atoms with Gasteiger partial charge in [0, 0.05) is 17.7 Å². The zero-order valence-electron chi connectivity index (χ0n) is 11.4. The molecule has 5 heteroatoms. The van der Waals surface area contributed by atoms with E-state index in [0.29, 0.717) is 16.9 Å². The molecule has 2 rings (SSSR count). The largest absolute Gasteiger partial charge is 0.497 e. The second-order valence-electron chi connectivity index (χ2n) is 4.33. The van der Waals surface area contributed by atoms with E-state index < -0.39 is 5.82 Å². The fourth-order valence-corrected chi connectivity index (χ4v) is 1.78. The van der Waals surface area contributed by atoms with Gasteiger partial charge in [-0.05, 0) is 36.4 Å². The van der Waals surface area contributed by atoms with Crippen LogP contribution >= 0.6 is 0 Å². The van der Waals surface area contributed by atoms with Gasteiger partial charge in [0.15, 0.2) is 0 Å². The summed E-state index contributed by atoms with van der Waals surface area (Å²) in [6, 6.07) is 12.6. The van der Waals surface area contributed by atoms with E-state index in [1.165, 1.54) is 12.1 Å². The Hall–Kier alpha value is -2.87. The third-order valence-electron chi connectivity index (χ3n) is 2.97. The number of carbonyl (C=O) groups is 1. The zero-order valence-corrected chi connectivity index (χ0v) is 11.4. The molecule has 0 bridgehead atoms. The quantitative estimate of drug-likeness (QED) is 0.938. The first-order valence-electron chi connectivity index (χ1n) is 6.25. The highest BCUT2D eigenvalue weighted by molar-refractivity contribution is 5.94. The monoisotopic (exact) mass is 284 g/mol. The molecule has 0 aliphatic heterocycles. The topological polar surface area (TPSA) is 62.1 Å². The summed E-state index contributed by atoms with van der Waals surface area (Å²) in [4.78, 5) is 11.9. The second-order valence-corrected chi connectivity index (χ2v) is 4.33. The third-order valence-corrected chi connectivity index (χ3v) is 2.97. The summed E-state index contributed by atoms with van der Waals surface area (Å²) < 4.78 is 18.7. The van der Waals surface area contributed by atoms with Crippen LogP contribution in [0.3, 0.4) is 0 Å². The first-order chi connectivity index (χ1) is 10.1. The molecule has 0 saturated heterocycles. The van der Waals surface area contributed by atoms with Crippen molar-refractivity contribution in [3.8, 4) is 11.8 Å². The van der Waals surface area contributed by atoms with Gasteiger partial charge in [0.05, 0.1) is 18.7 Å². The molecule has 21 heavy (non-hydrogen) atoms. The maximum absolute atomic E-state index is 13.7. The Morgan fingerprint density at radius 3 is 2.57 bits per heavy atom. The maximum atomic E-state index is 13.7. The number of ether oxygens (including phenoxy) is 1. The van der Waals surface area contributed by atoms with Crippen molar-refractivity contribution in [2.24, 2.45) is 0 Å². The van der Waals surface area contributed by atoms with Crippen LogP contribution in [0.5, 0.6) is 5.75 Å². The average Bonchev–Trinajstić information content (AvgIpc) is 2.53. The van der Waals surface area contributed by atoms with Crippen LogP contribution in [-0.4, -0.2) is 13.0 Å². The van der Waals surface area contributed by atoms with Gasteiger partial charge in [0.25, 0.3) is 5.91 Å². The molecule has 0 aromatic heterocycles. The number of methoxy groups -OCH3 is 1. The van der Waals surface area contributed by atoms with E-state index in [1.54, 1.807) is 31.4 Å². The Morgan fingerprint density at radius 1 is 1.29 bits per heavy atom. The molecule has 1 N–H and O–H groups in total. The SMILES string of the molecule is COc1ccc(C(=O)NCc2ccc(C#N)cc2F)cc1. The number of hydrogen-bond donors (Lipinski definition) is 1. The lowest BCUT2D eigenvalue weighted by Crippen LogP contribution is -2.23. The molecule has 0 spiro atoms. The summed E-state index contributed by atoms with van der Waals surface area (Å²) in [5.74, 6) is -0.157. The lowest BCUT2D eigenvalue weighted by molar-refractivity contribution is 0.0950. The van der Waals surface area contributed by atoms with Gasteiger partial charge >= 0.3 is 0 Å². The highest BCUT2D eigenvalue weighted by Crippen LogP contribution is 2.12. The van der Waals surface area contributed by atoms with Crippen molar-refractivity contribution in [2.75, 3.05) is 7.11 Å². The normalized spacial score (nSPS) is 9.76. The number of nitriles is 1. The smallest absolute Gasteiger partial charge is 0.251 e. The summed E-state index contributed by atoms with van der Waals surface area (Å²) in [6.45, 7) is 0.0579. The fraction of sp³-hybridized carbons (Fsp3) is 0.125. The molecule has 0 saturated carbocycles. The summed E-state index contributed by atoms with van der Waals surface area (Å²) >= 11 is 0. The van der Waals surface area contributed by atoms with E-state index in [4.69, 9.17) is 10.00 Å². The van der Waals surface area contributed by atoms with Crippen molar-refractivity contribution in [1.82, 2.24) is 5.32 Å². The Labute approximate surface area is 121 Å². The Kier molecular flexibility index (Phi) is 4.52. The average molecular weight is 284 g/mol. The fourth-order valence-electron chi connectivity index (χ4n) is 1.78. The van der Waals surface area contributed by atoms with Crippen molar-refractivity contribution in [1.29, 1.82) is 5.26 Å². The summed E-state index contributed by atoms with van der Waals surface area (Å²) in [7, 11) is 1.54. The van der Waals surface area contributed by atoms with Gasteiger partial charge in [-0.1, -0.05) is 6.07 Å². The Bertz CT molecular complexity index is 690.